The smallest absolute Gasteiger partial charge is 0.335 e. The van der Waals surface area contributed by atoms with Crippen molar-refractivity contribution in [1.29, 1.82) is 0 Å². The van der Waals surface area contributed by atoms with Gasteiger partial charge in [0.25, 0.3) is 0 Å². The van der Waals surface area contributed by atoms with E-state index in [1.54, 1.807) is 18.2 Å². The molecule has 3 aromatic carbocycles. The van der Waals surface area contributed by atoms with Crippen LogP contribution in [0.3, 0.4) is 0 Å². The van der Waals surface area contributed by atoms with Crippen molar-refractivity contribution in [3.8, 4) is 11.1 Å². The number of aryl methyl sites for hydroxylation is 2. The SMILES string of the molecule is Cc1cc(-c2ccc(CCCNC[C@H](O)c3cccc(Cl)c3)cc2)ccc1C(=O)O. The second-order valence-corrected chi connectivity index (χ2v) is 7.85. The molecule has 3 aromatic rings. The fourth-order valence-electron chi connectivity index (χ4n) is 3.44. The summed E-state index contributed by atoms with van der Waals surface area (Å²) in [4.78, 5) is 11.2. The summed E-state index contributed by atoms with van der Waals surface area (Å²) >= 11 is 5.96. The predicted molar refractivity (Wildman–Crippen MR) is 121 cm³/mol. The minimum Gasteiger partial charge on any atom is -0.478 e. The Morgan fingerprint density at radius 1 is 1.03 bits per heavy atom. The van der Waals surface area contributed by atoms with Gasteiger partial charge >= 0.3 is 5.97 Å². The number of aromatic carboxylic acids is 1. The third kappa shape index (κ3) is 5.92. The highest BCUT2D eigenvalue weighted by molar-refractivity contribution is 6.30. The standard InChI is InChI=1S/C25H26ClNO3/c1-17-14-20(11-12-23(17)25(29)30)19-9-7-18(8-10-19)4-3-13-27-16-24(28)21-5-2-6-22(26)15-21/h2,5-12,14-15,24,27-28H,3-4,13,16H2,1H3,(H,29,30)/t24-/m0/s1. The van der Waals surface area contributed by atoms with Gasteiger partial charge in [-0.15, -0.1) is 0 Å². The van der Waals surface area contributed by atoms with Crippen molar-refractivity contribution < 1.29 is 15.0 Å². The molecule has 0 aromatic heterocycles. The van der Waals surface area contributed by atoms with Crippen molar-refractivity contribution in [2.75, 3.05) is 13.1 Å². The summed E-state index contributed by atoms with van der Waals surface area (Å²) in [5, 5.41) is 23.3. The molecule has 0 saturated heterocycles. The molecule has 0 unspecified atom stereocenters. The molecule has 0 bridgehead atoms. The van der Waals surface area contributed by atoms with Crippen molar-refractivity contribution in [3.63, 3.8) is 0 Å². The highest BCUT2D eigenvalue weighted by Crippen LogP contribution is 2.23. The average molecular weight is 424 g/mol. The molecule has 3 N–H and O–H groups in total. The molecule has 4 nitrogen and oxygen atoms in total. The third-order valence-electron chi connectivity index (χ3n) is 5.13. The predicted octanol–water partition coefficient (Wildman–Crippen LogP) is 5.27. The van der Waals surface area contributed by atoms with Crippen LogP contribution in [0.2, 0.25) is 5.02 Å². The molecule has 30 heavy (non-hydrogen) atoms. The molecule has 156 valence electrons. The molecule has 1 atom stereocenters. The Balaban J connectivity index is 1.46. The average Bonchev–Trinajstić information content (AvgIpc) is 2.73. The highest BCUT2D eigenvalue weighted by Gasteiger charge is 2.09. The van der Waals surface area contributed by atoms with E-state index in [2.05, 4.69) is 29.6 Å². The Hall–Kier alpha value is -2.66. The maximum absolute atomic E-state index is 11.2. The van der Waals surface area contributed by atoms with E-state index in [9.17, 15) is 9.90 Å². The molecule has 0 radical (unpaired) electrons. The number of carboxylic acid groups (broad SMARTS) is 1. The maximum Gasteiger partial charge on any atom is 0.335 e. The van der Waals surface area contributed by atoms with E-state index in [1.165, 1.54) is 5.56 Å². The van der Waals surface area contributed by atoms with Crippen molar-refractivity contribution in [3.05, 3.63) is 94.0 Å². The normalized spacial score (nSPS) is 12.0. The zero-order valence-corrected chi connectivity index (χ0v) is 17.7. The number of rotatable bonds is 9. The number of hydrogen-bond acceptors (Lipinski definition) is 3. The first-order valence-electron chi connectivity index (χ1n) is 10.0. The molecule has 0 saturated carbocycles. The number of hydrogen-bond donors (Lipinski definition) is 3. The van der Waals surface area contributed by atoms with Crippen molar-refractivity contribution in [1.82, 2.24) is 5.32 Å². The summed E-state index contributed by atoms with van der Waals surface area (Å²) in [7, 11) is 0. The Bertz CT molecular complexity index is 1000. The molecule has 0 heterocycles. The van der Waals surface area contributed by atoms with Gasteiger partial charge in [-0.25, -0.2) is 4.79 Å². The summed E-state index contributed by atoms with van der Waals surface area (Å²) < 4.78 is 0. The summed E-state index contributed by atoms with van der Waals surface area (Å²) in [6, 6.07) is 21.1. The van der Waals surface area contributed by atoms with Crippen LogP contribution in [0.1, 0.15) is 39.6 Å². The van der Waals surface area contributed by atoms with Crippen LogP contribution in [0.25, 0.3) is 11.1 Å². The summed E-state index contributed by atoms with van der Waals surface area (Å²) in [6.45, 7) is 3.12. The topological polar surface area (TPSA) is 69.6 Å². The van der Waals surface area contributed by atoms with Crippen LogP contribution in [-0.2, 0) is 6.42 Å². The molecule has 0 amide bonds. The largest absolute Gasteiger partial charge is 0.478 e. The monoisotopic (exact) mass is 423 g/mol. The number of aliphatic hydroxyl groups excluding tert-OH is 1. The minimum absolute atomic E-state index is 0.336. The molecule has 0 fully saturated rings. The second kappa shape index (κ2) is 10.4. The molecular weight excluding hydrogens is 398 g/mol. The number of aliphatic hydroxyl groups is 1. The first kappa shape index (κ1) is 22.0. The summed E-state index contributed by atoms with van der Waals surface area (Å²) in [5.41, 5.74) is 5.24. The van der Waals surface area contributed by atoms with Crippen molar-refractivity contribution in [2.24, 2.45) is 0 Å². The first-order valence-corrected chi connectivity index (χ1v) is 10.4. The maximum atomic E-state index is 11.2. The molecule has 0 aliphatic rings. The van der Waals surface area contributed by atoms with Gasteiger partial charge in [0.1, 0.15) is 0 Å². The second-order valence-electron chi connectivity index (χ2n) is 7.41. The number of carbonyl (C=O) groups is 1. The van der Waals surface area contributed by atoms with Crippen LogP contribution in [-0.4, -0.2) is 29.3 Å². The van der Waals surface area contributed by atoms with Crippen LogP contribution in [0, 0.1) is 6.92 Å². The lowest BCUT2D eigenvalue weighted by Gasteiger charge is -2.12. The number of benzene rings is 3. The van der Waals surface area contributed by atoms with Gasteiger partial charge in [-0.2, -0.15) is 0 Å². The quantitative estimate of drug-likeness (QED) is 0.410. The van der Waals surface area contributed by atoms with E-state index in [-0.39, 0.29) is 0 Å². The van der Waals surface area contributed by atoms with Gasteiger partial charge in [0.05, 0.1) is 11.7 Å². The van der Waals surface area contributed by atoms with Crippen LogP contribution < -0.4 is 5.32 Å². The first-order chi connectivity index (χ1) is 14.4. The zero-order chi connectivity index (χ0) is 21.5. The Morgan fingerprint density at radius 2 is 1.77 bits per heavy atom. The Kier molecular flexibility index (Phi) is 7.63. The lowest BCUT2D eigenvalue weighted by atomic mass is 9.98. The molecule has 0 spiro atoms. The number of carboxylic acids is 1. The van der Waals surface area contributed by atoms with Crippen LogP contribution in [0.5, 0.6) is 0 Å². The molecule has 5 heteroatoms. The fraction of sp³-hybridized carbons (Fsp3) is 0.240. The molecular formula is C25H26ClNO3. The van der Waals surface area contributed by atoms with Gasteiger partial charge in [0, 0.05) is 11.6 Å². The lowest BCUT2D eigenvalue weighted by Crippen LogP contribution is -2.22. The highest BCUT2D eigenvalue weighted by atomic mass is 35.5. The van der Waals surface area contributed by atoms with Gasteiger partial charge in [-0.1, -0.05) is 60.1 Å². The van der Waals surface area contributed by atoms with E-state index in [4.69, 9.17) is 16.7 Å². The van der Waals surface area contributed by atoms with Crippen LogP contribution in [0.15, 0.2) is 66.7 Å². The number of halogens is 1. The van der Waals surface area contributed by atoms with E-state index in [0.29, 0.717) is 17.1 Å². The Labute approximate surface area is 182 Å². The van der Waals surface area contributed by atoms with Gasteiger partial charge in [0.2, 0.25) is 0 Å². The minimum atomic E-state index is -0.900. The summed E-state index contributed by atoms with van der Waals surface area (Å²) in [6.07, 6.45) is 1.34. The fourth-order valence-corrected chi connectivity index (χ4v) is 3.63. The van der Waals surface area contributed by atoms with E-state index >= 15 is 0 Å². The Morgan fingerprint density at radius 3 is 2.43 bits per heavy atom. The lowest BCUT2D eigenvalue weighted by molar-refractivity contribution is 0.0696. The van der Waals surface area contributed by atoms with E-state index < -0.39 is 12.1 Å². The van der Waals surface area contributed by atoms with Crippen molar-refractivity contribution in [2.45, 2.75) is 25.9 Å². The van der Waals surface area contributed by atoms with Gasteiger partial charge in [0.15, 0.2) is 0 Å². The van der Waals surface area contributed by atoms with Gasteiger partial charge in [-0.05, 0) is 72.3 Å². The van der Waals surface area contributed by atoms with E-state index in [0.717, 1.165) is 41.6 Å². The molecule has 0 aliphatic carbocycles. The molecule has 3 rings (SSSR count). The zero-order valence-electron chi connectivity index (χ0n) is 16.9. The van der Waals surface area contributed by atoms with E-state index in [1.807, 2.05) is 31.2 Å². The summed E-state index contributed by atoms with van der Waals surface area (Å²) in [5.74, 6) is -0.900. The van der Waals surface area contributed by atoms with Gasteiger partial charge in [-0.3, -0.25) is 0 Å². The molecule has 0 aliphatic heterocycles. The third-order valence-corrected chi connectivity index (χ3v) is 5.37. The van der Waals surface area contributed by atoms with Crippen molar-refractivity contribution >= 4 is 17.6 Å². The van der Waals surface area contributed by atoms with Crippen LogP contribution in [0.4, 0.5) is 0 Å². The van der Waals surface area contributed by atoms with Gasteiger partial charge < -0.3 is 15.5 Å². The number of nitrogens with one attached hydrogen (secondary N) is 1. The van der Waals surface area contributed by atoms with Crippen LogP contribution >= 0.6 is 11.6 Å².